The monoisotopic (exact) mass is 287 g/mol. The van der Waals surface area contributed by atoms with Crippen LogP contribution in [0.4, 0.5) is 5.95 Å². The normalized spacial score (nSPS) is 10.6. The van der Waals surface area contributed by atoms with Crippen LogP contribution >= 0.6 is 15.9 Å². The molecule has 5 heteroatoms. The third kappa shape index (κ3) is 4.35. The third-order valence-electron chi connectivity index (χ3n) is 1.98. The van der Waals surface area contributed by atoms with Gasteiger partial charge in [-0.25, -0.2) is 4.98 Å². The molecular formula is C11H18BrN3O. The highest BCUT2D eigenvalue weighted by atomic mass is 79.9. The highest BCUT2D eigenvalue weighted by molar-refractivity contribution is 9.10. The second kappa shape index (κ2) is 6.68. The highest BCUT2D eigenvalue weighted by Gasteiger charge is 2.06. The number of ether oxygens (including phenoxy) is 1. The molecule has 1 aromatic rings. The molecule has 0 saturated carbocycles. The molecule has 4 nitrogen and oxygen atoms in total. The van der Waals surface area contributed by atoms with Crippen LogP contribution in [-0.2, 0) is 0 Å². The van der Waals surface area contributed by atoms with E-state index in [4.69, 9.17) is 4.74 Å². The van der Waals surface area contributed by atoms with E-state index in [0.29, 0.717) is 24.4 Å². The van der Waals surface area contributed by atoms with Crippen molar-refractivity contribution in [1.29, 1.82) is 0 Å². The summed E-state index contributed by atoms with van der Waals surface area (Å²) in [6.07, 6.45) is 2.72. The van der Waals surface area contributed by atoms with E-state index in [1.54, 1.807) is 6.20 Å². The molecule has 0 fully saturated rings. The summed E-state index contributed by atoms with van der Waals surface area (Å²) < 4.78 is 6.39. The van der Waals surface area contributed by atoms with Crippen LogP contribution in [0.3, 0.4) is 0 Å². The number of aromatic nitrogens is 2. The SMILES string of the molecule is CCNc1ncc(Br)c(OCCC(C)C)n1. The average Bonchev–Trinajstić information content (AvgIpc) is 2.22. The van der Waals surface area contributed by atoms with Crippen LogP contribution in [0.5, 0.6) is 5.88 Å². The lowest BCUT2D eigenvalue weighted by atomic mass is 10.1. The molecule has 1 N–H and O–H groups in total. The number of anilines is 1. The second-order valence-electron chi connectivity index (χ2n) is 3.91. The smallest absolute Gasteiger partial charge is 0.232 e. The standard InChI is InChI=1S/C11H18BrN3O/c1-4-13-11-14-7-9(12)10(15-11)16-6-5-8(2)3/h7-8H,4-6H2,1-3H3,(H,13,14,15). The van der Waals surface area contributed by atoms with E-state index in [9.17, 15) is 0 Å². The first kappa shape index (κ1) is 13.2. The Morgan fingerprint density at radius 2 is 2.25 bits per heavy atom. The van der Waals surface area contributed by atoms with Crippen molar-refractivity contribution >= 4 is 21.9 Å². The van der Waals surface area contributed by atoms with Gasteiger partial charge in [0.15, 0.2) is 0 Å². The quantitative estimate of drug-likeness (QED) is 0.873. The van der Waals surface area contributed by atoms with Crippen molar-refractivity contribution in [3.63, 3.8) is 0 Å². The van der Waals surface area contributed by atoms with Crippen LogP contribution in [0.25, 0.3) is 0 Å². The van der Waals surface area contributed by atoms with Gasteiger partial charge in [-0.1, -0.05) is 13.8 Å². The van der Waals surface area contributed by atoms with Crippen LogP contribution in [0.15, 0.2) is 10.7 Å². The van der Waals surface area contributed by atoms with E-state index in [1.165, 1.54) is 0 Å². The molecule has 1 aromatic heterocycles. The van der Waals surface area contributed by atoms with Gasteiger partial charge in [0.1, 0.15) is 0 Å². The number of rotatable bonds is 6. The number of halogens is 1. The summed E-state index contributed by atoms with van der Waals surface area (Å²) in [5.41, 5.74) is 0. The van der Waals surface area contributed by atoms with Gasteiger partial charge in [-0.05, 0) is 35.2 Å². The van der Waals surface area contributed by atoms with E-state index in [2.05, 4.69) is 45.1 Å². The summed E-state index contributed by atoms with van der Waals surface area (Å²) in [5.74, 6) is 1.84. The molecule has 0 unspecified atom stereocenters. The number of nitrogens with one attached hydrogen (secondary N) is 1. The zero-order valence-corrected chi connectivity index (χ0v) is 11.5. The van der Waals surface area contributed by atoms with E-state index in [-0.39, 0.29) is 0 Å². The minimum absolute atomic E-state index is 0.602. The highest BCUT2D eigenvalue weighted by Crippen LogP contribution is 2.22. The van der Waals surface area contributed by atoms with E-state index in [0.717, 1.165) is 17.4 Å². The van der Waals surface area contributed by atoms with Crippen molar-refractivity contribution in [1.82, 2.24) is 9.97 Å². The Balaban J connectivity index is 2.59. The lowest BCUT2D eigenvalue weighted by Crippen LogP contribution is -2.06. The van der Waals surface area contributed by atoms with Gasteiger partial charge >= 0.3 is 0 Å². The largest absolute Gasteiger partial charge is 0.477 e. The van der Waals surface area contributed by atoms with Crippen LogP contribution in [0.2, 0.25) is 0 Å². The summed E-state index contributed by atoms with van der Waals surface area (Å²) >= 11 is 3.37. The molecule has 0 amide bonds. The van der Waals surface area contributed by atoms with Gasteiger partial charge in [-0.2, -0.15) is 4.98 Å². The van der Waals surface area contributed by atoms with Gasteiger partial charge in [0.2, 0.25) is 11.8 Å². The minimum atomic E-state index is 0.602. The van der Waals surface area contributed by atoms with Gasteiger partial charge in [0.05, 0.1) is 17.3 Å². The van der Waals surface area contributed by atoms with Crippen molar-refractivity contribution in [2.45, 2.75) is 27.2 Å². The van der Waals surface area contributed by atoms with Crippen molar-refractivity contribution in [2.24, 2.45) is 5.92 Å². The van der Waals surface area contributed by atoms with Crippen LogP contribution in [0, 0.1) is 5.92 Å². The molecule has 0 radical (unpaired) electrons. The average molecular weight is 288 g/mol. The van der Waals surface area contributed by atoms with E-state index >= 15 is 0 Å². The van der Waals surface area contributed by atoms with Crippen LogP contribution < -0.4 is 10.1 Å². The van der Waals surface area contributed by atoms with Crippen LogP contribution in [0.1, 0.15) is 27.2 Å². The van der Waals surface area contributed by atoms with E-state index < -0.39 is 0 Å². The molecule has 0 aromatic carbocycles. The maximum Gasteiger partial charge on any atom is 0.232 e. The summed E-state index contributed by atoms with van der Waals surface area (Å²) in [6.45, 7) is 7.82. The second-order valence-corrected chi connectivity index (χ2v) is 4.76. The van der Waals surface area contributed by atoms with E-state index in [1.807, 2.05) is 6.92 Å². The molecule has 1 heterocycles. The maximum atomic E-state index is 5.60. The van der Waals surface area contributed by atoms with Crippen molar-refractivity contribution < 1.29 is 4.74 Å². The first-order chi connectivity index (χ1) is 7.63. The molecule has 0 aliphatic carbocycles. The predicted octanol–water partition coefficient (Wildman–Crippen LogP) is 3.10. The predicted molar refractivity (Wildman–Crippen MR) is 68.8 cm³/mol. The molecule has 1 rings (SSSR count). The summed E-state index contributed by atoms with van der Waals surface area (Å²) in [5, 5.41) is 3.05. The van der Waals surface area contributed by atoms with Gasteiger partial charge in [-0.3, -0.25) is 0 Å². The Labute approximate surface area is 105 Å². The van der Waals surface area contributed by atoms with Crippen molar-refractivity contribution in [3.8, 4) is 5.88 Å². The summed E-state index contributed by atoms with van der Waals surface area (Å²) in [4.78, 5) is 8.39. The Bertz CT molecular complexity index is 331. The minimum Gasteiger partial charge on any atom is -0.477 e. The first-order valence-corrected chi connectivity index (χ1v) is 6.32. The molecule has 0 bridgehead atoms. The fraction of sp³-hybridized carbons (Fsp3) is 0.636. The topological polar surface area (TPSA) is 47.0 Å². The zero-order valence-electron chi connectivity index (χ0n) is 9.96. The molecule has 0 atom stereocenters. The zero-order chi connectivity index (χ0) is 12.0. The molecule has 0 spiro atoms. The van der Waals surface area contributed by atoms with Crippen molar-refractivity contribution in [3.05, 3.63) is 10.7 Å². The molecular weight excluding hydrogens is 270 g/mol. The molecule has 0 saturated heterocycles. The Morgan fingerprint density at radius 3 is 2.88 bits per heavy atom. The summed E-state index contributed by atoms with van der Waals surface area (Å²) in [6, 6.07) is 0. The van der Waals surface area contributed by atoms with Gasteiger partial charge in [0.25, 0.3) is 0 Å². The number of hydrogen-bond acceptors (Lipinski definition) is 4. The Hall–Kier alpha value is -0.840. The number of hydrogen-bond donors (Lipinski definition) is 1. The Kier molecular flexibility index (Phi) is 5.52. The molecule has 0 aliphatic rings. The lowest BCUT2D eigenvalue weighted by molar-refractivity contribution is 0.277. The van der Waals surface area contributed by atoms with Crippen molar-refractivity contribution in [2.75, 3.05) is 18.5 Å². The fourth-order valence-corrected chi connectivity index (χ4v) is 1.39. The lowest BCUT2D eigenvalue weighted by Gasteiger charge is -2.09. The maximum absolute atomic E-state index is 5.60. The fourth-order valence-electron chi connectivity index (χ4n) is 1.09. The Morgan fingerprint density at radius 1 is 1.50 bits per heavy atom. The molecule has 16 heavy (non-hydrogen) atoms. The third-order valence-corrected chi connectivity index (χ3v) is 2.52. The number of nitrogens with zero attached hydrogens (tertiary/aromatic N) is 2. The first-order valence-electron chi connectivity index (χ1n) is 5.52. The van der Waals surface area contributed by atoms with Gasteiger partial charge in [-0.15, -0.1) is 0 Å². The molecule has 90 valence electrons. The van der Waals surface area contributed by atoms with Gasteiger partial charge in [0, 0.05) is 6.54 Å². The van der Waals surface area contributed by atoms with Gasteiger partial charge < -0.3 is 10.1 Å². The molecule has 0 aliphatic heterocycles. The van der Waals surface area contributed by atoms with Crippen LogP contribution in [-0.4, -0.2) is 23.1 Å². The summed E-state index contributed by atoms with van der Waals surface area (Å²) in [7, 11) is 0.